The van der Waals surface area contributed by atoms with Crippen molar-refractivity contribution < 1.29 is 15.1 Å². The number of nitrogens with two attached hydrogens (primary N) is 1. The second kappa shape index (κ2) is 5.87. The van der Waals surface area contributed by atoms with Crippen molar-refractivity contribution in [1.29, 1.82) is 0 Å². The van der Waals surface area contributed by atoms with Crippen LogP contribution in [0.4, 0.5) is 0 Å². The zero-order valence-electron chi connectivity index (χ0n) is 8.26. The third-order valence-electron chi connectivity index (χ3n) is 1.84. The highest BCUT2D eigenvalue weighted by molar-refractivity contribution is 5.79. The lowest BCUT2D eigenvalue weighted by Crippen LogP contribution is -2.15. The minimum Gasteiger partial charge on any atom is -0.493 e. The van der Waals surface area contributed by atoms with Crippen LogP contribution in [0, 0.1) is 0 Å². The fourth-order valence-corrected chi connectivity index (χ4v) is 1.06. The van der Waals surface area contributed by atoms with E-state index in [0.717, 1.165) is 5.56 Å². The van der Waals surface area contributed by atoms with Crippen molar-refractivity contribution in [2.75, 3.05) is 6.61 Å². The molecule has 0 aliphatic carbocycles. The molecule has 15 heavy (non-hydrogen) atoms. The first-order valence-electron chi connectivity index (χ1n) is 4.55. The van der Waals surface area contributed by atoms with E-state index in [9.17, 15) is 0 Å². The molecule has 0 saturated carbocycles. The molecular weight excluding hydrogens is 196 g/mol. The third kappa shape index (κ3) is 3.86. The van der Waals surface area contributed by atoms with E-state index in [2.05, 4.69) is 5.16 Å². The molecular formula is C10H14N2O3. The molecule has 0 amide bonds. The number of benzene rings is 1. The van der Waals surface area contributed by atoms with Gasteiger partial charge < -0.3 is 20.8 Å². The van der Waals surface area contributed by atoms with E-state index in [4.69, 9.17) is 20.8 Å². The Balaban J connectivity index is 2.43. The van der Waals surface area contributed by atoms with Crippen LogP contribution in [0.15, 0.2) is 29.4 Å². The van der Waals surface area contributed by atoms with E-state index in [1.807, 2.05) is 0 Å². The smallest absolute Gasteiger partial charge is 0.142 e. The van der Waals surface area contributed by atoms with Gasteiger partial charge in [-0.25, -0.2) is 0 Å². The Bertz CT molecular complexity index is 339. The largest absolute Gasteiger partial charge is 0.493 e. The first-order valence-corrected chi connectivity index (χ1v) is 4.55. The van der Waals surface area contributed by atoms with Gasteiger partial charge in [-0.15, -0.1) is 0 Å². The lowest BCUT2D eigenvalue weighted by molar-refractivity contribution is 0.279. The molecule has 0 aliphatic heterocycles. The van der Waals surface area contributed by atoms with Gasteiger partial charge in [-0.2, -0.15) is 0 Å². The van der Waals surface area contributed by atoms with Crippen molar-refractivity contribution in [3.63, 3.8) is 0 Å². The Morgan fingerprint density at radius 3 is 2.93 bits per heavy atom. The summed E-state index contributed by atoms with van der Waals surface area (Å²) in [6.07, 6.45) is 0.361. The molecule has 1 aromatic carbocycles. The van der Waals surface area contributed by atoms with Crippen LogP contribution >= 0.6 is 0 Å². The monoisotopic (exact) mass is 210 g/mol. The maximum absolute atomic E-state index is 8.89. The SMILES string of the molecule is NC(CCOc1cccc(CO)c1)=NO. The van der Waals surface area contributed by atoms with Crippen molar-refractivity contribution in [3.05, 3.63) is 29.8 Å². The summed E-state index contributed by atoms with van der Waals surface area (Å²) in [6, 6.07) is 7.12. The summed E-state index contributed by atoms with van der Waals surface area (Å²) >= 11 is 0. The zero-order valence-corrected chi connectivity index (χ0v) is 8.26. The molecule has 4 N–H and O–H groups in total. The minimum absolute atomic E-state index is 0.0164. The number of hydrogen-bond donors (Lipinski definition) is 3. The quantitative estimate of drug-likeness (QED) is 0.289. The van der Waals surface area contributed by atoms with Crippen molar-refractivity contribution in [2.45, 2.75) is 13.0 Å². The second-order valence-corrected chi connectivity index (χ2v) is 3.00. The summed E-state index contributed by atoms with van der Waals surface area (Å²) in [7, 11) is 0. The van der Waals surface area contributed by atoms with E-state index in [-0.39, 0.29) is 12.4 Å². The second-order valence-electron chi connectivity index (χ2n) is 3.00. The molecule has 0 unspecified atom stereocenters. The van der Waals surface area contributed by atoms with Crippen molar-refractivity contribution >= 4 is 5.84 Å². The van der Waals surface area contributed by atoms with Gasteiger partial charge in [0.15, 0.2) is 0 Å². The van der Waals surface area contributed by atoms with Gasteiger partial charge in [-0.1, -0.05) is 17.3 Å². The van der Waals surface area contributed by atoms with Gasteiger partial charge in [0.1, 0.15) is 11.6 Å². The number of aliphatic hydroxyl groups is 1. The summed E-state index contributed by atoms with van der Waals surface area (Å²) in [5.41, 5.74) is 6.06. The van der Waals surface area contributed by atoms with Gasteiger partial charge in [0.2, 0.25) is 0 Å². The normalized spacial score (nSPS) is 11.4. The highest BCUT2D eigenvalue weighted by atomic mass is 16.5. The van der Waals surface area contributed by atoms with E-state index >= 15 is 0 Å². The molecule has 0 fully saturated rings. The average Bonchev–Trinajstić information content (AvgIpc) is 2.29. The molecule has 0 aliphatic rings. The average molecular weight is 210 g/mol. The first kappa shape index (κ1) is 11.3. The number of ether oxygens (including phenoxy) is 1. The topological polar surface area (TPSA) is 88.1 Å². The summed E-state index contributed by atoms with van der Waals surface area (Å²) in [5.74, 6) is 0.792. The zero-order chi connectivity index (χ0) is 11.1. The van der Waals surface area contributed by atoms with Crippen LogP contribution in [-0.2, 0) is 6.61 Å². The summed E-state index contributed by atoms with van der Waals surface area (Å²) in [6.45, 7) is 0.322. The van der Waals surface area contributed by atoms with Crippen molar-refractivity contribution in [3.8, 4) is 5.75 Å². The molecule has 0 heterocycles. The number of aliphatic hydroxyl groups excluding tert-OH is 1. The summed E-state index contributed by atoms with van der Waals surface area (Å²) in [5, 5.41) is 20.0. The lowest BCUT2D eigenvalue weighted by Gasteiger charge is -2.06. The third-order valence-corrected chi connectivity index (χ3v) is 1.84. The van der Waals surface area contributed by atoms with Crippen LogP contribution in [0.1, 0.15) is 12.0 Å². The number of hydrogen-bond acceptors (Lipinski definition) is 4. The van der Waals surface area contributed by atoms with Gasteiger partial charge in [-0.05, 0) is 17.7 Å². The number of oxime groups is 1. The predicted molar refractivity (Wildman–Crippen MR) is 55.9 cm³/mol. The lowest BCUT2D eigenvalue weighted by atomic mass is 10.2. The Kier molecular flexibility index (Phi) is 4.43. The van der Waals surface area contributed by atoms with Crippen LogP contribution in [0.25, 0.3) is 0 Å². The molecule has 0 aromatic heterocycles. The standard InChI is InChI=1S/C10H14N2O3/c11-10(12-14)4-5-15-9-3-1-2-8(6-9)7-13/h1-3,6,13-14H,4-5,7H2,(H2,11,12). The number of nitrogens with zero attached hydrogens (tertiary/aromatic N) is 1. The highest BCUT2D eigenvalue weighted by Crippen LogP contribution is 2.13. The number of amidine groups is 1. The molecule has 0 saturated heterocycles. The van der Waals surface area contributed by atoms with Crippen molar-refractivity contribution in [2.24, 2.45) is 10.9 Å². The fraction of sp³-hybridized carbons (Fsp3) is 0.300. The molecule has 0 atom stereocenters. The molecule has 0 radical (unpaired) electrons. The molecule has 5 heteroatoms. The Hall–Kier alpha value is -1.75. The Labute approximate surface area is 87.8 Å². The first-order chi connectivity index (χ1) is 7.26. The van der Waals surface area contributed by atoms with Crippen molar-refractivity contribution in [1.82, 2.24) is 0 Å². The van der Waals surface area contributed by atoms with Gasteiger partial charge in [0, 0.05) is 6.42 Å². The fourth-order valence-electron chi connectivity index (χ4n) is 1.06. The molecule has 1 aromatic rings. The molecule has 0 spiro atoms. The van der Waals surface area contributed by atoms with Crippen LogP contribution in [0.5, 0.6) is 5.75 Å². The highest BCUT2D eigenvalue weighted by Gasteiger charge is 1.97. The maximum atomic E-state index is 8.89. The summed E-state index contributed by atoms with van der Waals surface area (Å²) in [4.78, 5) is 0. The number of rotatable bonds is 5. The molecule has 1 rings (SSSR count). The molecule has 5 nitrogen and oxygen atoms in total. The van der Waals surface area contributed by atoms with Gasteiger partial charge in [0.05, 0.1) is 13.2 Å². The Morgan fingerprint density at radius 2 is 2.27 bits per heavy atom. The van der Waals surface area contributed by atoms with E-state index in [1.165, 1.54) is 0 Å². The van der Waals surface area contributed by atoms with Crippen LogP contribution in [0.3, 0.4) is 0 Å². The molecule has 82 valence electrons. The van der Waals surface area contributed by atoms with E-state index in [1.54, 1.807) is 24.3 Å². The molecule has 0 bridgehead atoms. The predicted octanol–water partition coefficient (Wildman–Crippen LogP) is 0.694. The maximum Gasteiger partial charge on any atom is 0.142 e. The van der Waals surface area contributed by atoms with Crippen LogP contribution in [-0.4, -0.2) is 22.8 Å². The van der Waals surface area contributed by atoms with Crippen LogP contribution in [0.2, 0.25) is 0 Å². The van der Waals surface area contributed by atoms with Crippen LogP contribution < -0.4 is 10.5 Å². The van der Waals surface area contributed by atoms with E-state index in [0.29, 0.717) is 18.8 Å². The van der Waals surface area contributed by atoms with Gasteiger partial charge in [0.25, 0.3) is 0 Å². The van der Waals surface area contributed by atoms with Gasteiger partial charge >= 0.3 is 0 Å². The van der Waals surface area contributed by atoms with E-state index < -0.39 is 0 Å². The Morgan fingerprint density at radius 1 is 1.47 bits per heavy atom. The summed E-state index contributed by atoms with van der Waals surface area (Å²) < 4.78 is 5.34. The minimum atomic E-state index is -0.0164. The van der Waals surface area contributed by atoms with Gasteiger partial charge in [-0.3, -0.25) is 0 Å².